The summed E-state index contributed by atoms with van der Waals surface area (Å²) in [4.78, 5) is 24.3. The number of nitrogens with one attached hydrogen (secondary N) is 1. The Bertz CT molecular complexity index is 1030. The van der Waals surface area contributed by atoms with Crippen molar-refractivity contribution in [3.05, 3.63) is 64.1 Å². The highest BCUT2D eigenvalue weighted by atomic mass is 79.9. The second-order valence-electron chi connectivity index (χ2n) is 7.35. The molecule has 0 atom stereocenters. The highest BCUT2D eigenvalue weighted by Crippen LogP contribution is 2.24. The lowest BCUT2D eigenvalue weighted by atomic mass is 9.97. The summed E-state index contributed by atoms with van der Waals surface area (Å²) in [5, 5.41) is 2.85. The van der Waals surface area contributed by atoms with Gasteiger partial charge in [0.2, 0.25) is 15.9 Å². The molecule has 1 aliphatic heterocycles. The van der Waals surface area contributed by atoms with E-state index in [0.717, 1.165) is 10.0 Å². The number of sulfonamides is 1. The van der Waals surface area contributed by atoms with Crippen molar-refractivity contribution in [3.8, 4) is 0 Å². The highest BCUT2D eigenvalue weighted by Gasteiger charge is 2.31. The molecular weight excluding hydrogens is 484 g/mol. The number of nitrogens with zero attached hydrogens (tertiary/aromatic N) is 1. The van der Waals surface area contributed by atoms with E-state index in [2.05, 4.69) is 21.2 Å². The molecule has 3 rings (SSSR count). The van der Waals surface area contributed by atoms with Crippen LogP contribution in [0.25, 0.3) is 0 Å². The van der Waals surface area contributed by atoms with E-state index in [1.54, 1.807) is 43.3 Å². The van der Waals surface area contributed by atoms with Gasteiger partial charge in [-0.2, -0.15) is 0 Å². The summed E-state index contributed by atoms with van der Waals surface area (Å²) in [5.74, 6) is -0.873. The fourth-order valence-corrected chi connectivity index (χ4v) is 5.47. The summed E-state index contributed by atoms with van der Waals surface area (Å²) in [6.07, 6.45) is 0.926. The Morgan fingerprint density at radius 2 is 1.81 bits per heavy atom. The lowest BCUT2D eigenvalue weighted by Gasteiger charge is -2.30. The molecule has 0 unspecified atom stereocenters. The molecule has 2 aromatic rings. The normalized spacial score (nSPS) is 15.4. The van der Waals surface area contributed by atoms with E-state index in [-0.39, 0.29) is 17.6 Å². The van der Waals surface area contributed by atoms with E-state index >= 15 is 0 Å². The van der Waals surface area contributed by atoms with Crippen molar-refractivity contribution in [2.45, 2.75) is 25.5 Å². The third kappa shape index (κ3) is 6.38. The Kier molecular flexibility index (Phi) is 7.85. The number of ether oxygens (including phenoxy) is 1. The van der Waals surface area contributed by atoms with Gasteiger partial charge in [0.1, 0.15) is 0 Å². The van der Waals surface area contributed by atoms with Crippen LogP contribution in [-0.2, 0) is 25.3 Å². The first-order chi connectivity index (χ1) is 14.8. The summed E-state index contributed by atoms with van der Waals surface area (Å²) in [6, 6.07) is 13.8. The fourth-order valence-electron chi connectivity index (χ4n) is 3.47. The Labute approximate surface area is 191 Å². The minimum Gasteiger partial charge on any atom is -0.462 e. The van der Waals surface area contributed by atoms with Crippen LogP contribution in [0.15, 0.2) is 53.0 Å². The maximum absolute atomic E-state index is 12.7. The van der Waals surface area contributed by atoms with E-state index in [1.165, 1.54) is 4.31 Å². The number of esters is 1. The summed E-state index contributed by atoms with van der Waals surface area (Å²) >= 11 is 3.36. The highest BCUT2D eigenvalue weighted by molar-refractivity contribution is 9.10. The van der Waals surface area contributed by atoms with Gasteiger partial charge in [-0.3, -0.25) is 4.79 Å². The number of rotatable bonds is 7. The minimum atomic E-state index is -3.44. The topological polar surface area (TPSA) is 92.8 Å². The maximum atomic E-state index is 12.7. The molecule has 1 saturated heterocycles. The van der Waals surface area contributed by atoms with Crippen LogP contribution in [-0.4, -0.2) is 44.3 Å². The Balaban J connectivity index is 1.53. The molecule has 0 spiro atoms. The van der Waals surface area contributed by atoms with Gasteiger partial charge in [0, 0.05) is 29.2 Å². The first-order valence-corrected chi connectivity index (χ1v) is 12.5. The lowest BCUT2D eigenvalue weighted by Crippen LogP contribution is -2.41. The molecule has 0 aliphatic carbocycles. The van der Waals surface area contributed by atoms with Crippen LogP contribution in [0.4, 0.5) is 5.69 Å². The number of anilines is 1. The molecule has 0 radical (unpaired) electrons. The van der Waals surface area contributed by atoms with Crippen LogP contribution in [0.3, 0.4) is 0 Å². The SMILES string of the molecule is CCOC(=O)c1ccc(NC(=O)C2CCN(S(=O)(=O)Cc3cccc(Br)c3)CC2)cc1. The van der Waals surface area contributed by atoms with E-state index in [0.29, 0.717) is 43.8 Å². The van der Waals surface area contributed by atoms with Gasteiger partial charge >= 0.3 is 5.97 Å². The van der Waals surface area contributed by atoms with E-state index in [1.807, 2.05) is 12.1 Å². The molecule has 1 N–H and O–H groups in total. The zero-order valence-electron chi connectivity index (χ0n) is 17.2. The molecule has 1 heterocycles. The van der Waals surface area contributed by atoms with Crippen molar-refractivity contribution in [2.75, 3.05) is 25.0 Å². The minimum absolute atomic E-state index is 0.0594. The fraction of sp³-hybridized carbons (Fsp3) is 0.364. The van der Waals surface area contributed by atoms with Gasteiger partial charge in [0.25, 0.3) is 0 Å². The Morgan fingerprint density at radius 3 is 2.42 bits per heavy atom. The van der Waals surface area contributed by atoms with E-state index in [9.17, 15) is 18.0 Å². The van der Waals surface area contributed by atoms with Crippen molar-refractivity contribution in [1.82, 2.24) is 4.31 Å². The summed E-state index contributed by atoms with van der Waals surface area (Å²) in [5.41, 5.74) is 1.73. The zero-order chi connectivity index (χ0) is 22.4. The third-order valence-electron chi connectivity index (χ3n) is 5.12. The summed E-state index contributed by atoms with van der Waals surface area (Å²) < 4.78 is 32.7. The number of benzene rings is 2. The van der Waals surface area contributed by atoms with Gasteiger partial charge < -0.3 is 10.1 Å². The molecular formula is C22H25BrN2O5S. The third-order valence-corrected chi connectivity index (χ3v) is 7.46. The van der Waals surface area contributed by atoms with Crippen LogP contribution in [0.2, 0.25) is 0 Å². The maximum Gasteiger partial charge on any atom is 0.338 e. The summed E-state index contributed by atoms with van der Waals surface area (Å²) in [7, 11) is -3.44. The zero-order valence-corrected chi connectivity index (χ0v) is 19.6. The number of amides is 1. The van der Waals surface area contributed by atoms with Gasteiger partial charge in [-0.15, -0.1) is 0 Å². The molecule has 31 heavy (non-hydrogen) atoms. The molecule has 1 fully saturated rings. The average Bonchev–Trinajstić information content (AvgIpc) is 2.74. The Hall–Kier alpha value is -2.23. The smallest absolute Gasteiger partial charge is 0.338 e. The van der Waals surface area contributed by atoms with Gasteiger partial charge in [0.15, 0.2) is 0 Å². The first-order valence-electron chi connectivity index (χ1n) is 10.1. The van der Waals surface area contributed by atoms with E-state index < -0.39 is 16.0 Å². The summed E-state index contributed by atoms with van der Waals surface area (Å²) in [6.45, 7) is 2.67. The number of hydrogen-bond donors (Lipinski definition) is 1. The largest absolute Gasteiger partial charge is 0.462 e. The molecule has 1 aliphatic rings. The van der Waals surface area contributed by atoms with Gasteiger partial charge in [-0.1, -0.05) is 28.1 Å². The van der Waals surface area contributed by atoms with Crippen LogP contribution in [0.5, 0.6) is 0 Å². The number of hydrogen-bond acceptors (Lipinski definition) is 5. The molecule has 0 aromatic heterocycles. The first kappa shape index (κ1) is 23.4. The molecule has 0 saturated carbocycles. The van der Waals surface area contributed by atoms with Crippen LogP contribution < -0.4 is 5.32 Å². The van der Waals surface area contributed by atoms with Gasteiger partial charge in [0.05, 0.1) is 17.9 Å². The van der Waals surface area contributed by atoms with E-state index in [4.69, 9.17) is 4.74 Å². The molecule has 0 bridgehead atoms. The molecule has 2 aromatic carbocycles. The average molecular weight is 509 g/mol. The second kappa shape index (κ2) is 10.4. The van der Waals surface area contributed by atoms with Crippen LogP contribution in [0, 0.1) is 5.92 Å². The Morgan fingerprint density at radius 1 is 1.13 bits per heavy atom. The lowest BCUT2D eigenvalue weighted by molar-refractivity contribution is -0.120. The van der Waals surface area contributed by atoms with Crippen LogP contribution >= 0.6 is 15.9 Å². The molecule has 7 nitrogen and oxygen atoms in total. The number of carbonyl (C=O) groups excluding carboxylic acids is 2. The monoisotopic (exact) mass is 508 g/mol. The van der Waals surface area contributed by atoms with Crippen molar-refractivity contribution < 1.29 is 22.7 Å². The van der Waals surface area contributed by atoms with Crippen molar-refractivity contribution >= 4 is 43.5 Å². The molecule has 9 heteroatoms. The van der Waals surface area contributed by atoms with Crippen molar-refractivity contribution in [1.29, 1.82) is 0 Å². The second-order valence-corrected chi connectivity index (χ2v) is 10.2. The predicted molar refractivity (Wildman–Crippen MR) is 122 cm³/mol. The van der Waals surface area contributed by atoms with Crippen molar-refractivity contribution in [2.24, 2.45) is 5.92 Å². The van der Waals surface area contributed by atoms with Crippen molar-refractivity contribution in [3.63, 3.8) is 0 Å². The van der Waals surface area contributed by atoms with Crippen LogP contribution in [0.1, 0.15) is 35.7 Å². The van der Waals surface area contributed by atoms with Gasteiger partial charge in [-0.05, 0) is 61.7 Å². The predicted octanol–water partition coefficient (Wildman–Crippen LogP) is 3.81. The molecule has 166 valence electrons. The number of halogens is 1. The number of carbonyl (C=O) groups is 2. The molecule has 1 amide bonds. The van der Waals surface area contributed by atoms with Gasteiger partial charge in [-0.25, -0.2) is 17.5 Å². The number of piperidine rings is 1. The quantitative estimate of drug-likeness (QED) is 0.574. The standard InChI is InChI=1S/C22H25BrN2O5S/c1-2-30-22(27)18-6-8-20(9-7-18)24-21(26)17-10-12-25(13-11-17)31(28,29)15-16-4-3-5-19(23)14-16/h3-9,14,17H,2,10-13,15H2,1H3,(H,24,26).